The summed E-state index contributed by atoms with van der Waals surface area (Å²) in [4.78, 5) is 10.7. The van der Waals surface area contributed by atoms with Gasteiger partial charge in [0, 0.05) is 6.08 Å². The summed E-state index contributed by atoms with van der Waals surface area (Å²) in [6.45, 7) is 8.70. The van der Waals surface area contributed by atoms with E-state index in [0.29, 0.717) is 0 Å². The highest BCUT2D eigenvalue weighted by molar-refractivity contribution is 5.81. The molecule has 0 radical (unpaired) electrons. The van der Waals surface area contributed by atoms with E-state index in [1.165, 1.54) is 63.0 Å². The van der Waals surface area contributed by atoms with E-state index < -0.39 is 5.97 Å². The minimum Gasteiger partial charge on any atom is -0.478 e. The number of carboxylic acid groups (broad SMARTS) is 1. The van der Waals surface area contributed by atoms with Crippen molar-refractivity contribution in [3.8, 4) is 0 Å². The lowest BCUT2D eigenvalue weighted by Crippen LogP contribution is -2.24. The Morgan fingerprint density at radius 1 is 1.04 bits per heavy atom. The van der Waals surface area contributed by atoms with Crippen molar-refractivity contribution in [3.63, 3.8) is 0 Å². The van der Waals surface area contributed by atoms with Gasteiger partial charge in [0.2, 0.25) is 0 Å². The van der Waals surface area contributed by atoms with Gasteiger partial charge in [0.1, 0.15) is 0 Å². The molecule has 0 aromatic carbocycles. The number of rotatable bonds is 6. The molecule has 2 heteroatoms. The van der Waals surface area contributed by atoms with Crippen molar-refractivity contribution < 1.29 is 9.90 Å². The zero-order chi connectivity index (χ0) is 19.9. The fourth-order valence-corrected chi connectivity index (χ4v) is 4.50. The van der Waals surface area contributed by atoms with Crippen LogP contribution in [-0.2, 0) is 4.79 Å². The summed E-state index contributed by atoms with van der Waals surface area (Å²) in [5, 5.41) is 8.76. The summed E-state index contributed by atoms with van der Waals surface area (Å²) in [6.07, 6.45) is 22.4. The van der Waals surface area contributed by atoms with Gasteiger partial charge in [0.25, 0.3) is 0 Å². The largest absolute Gasteiger partial charge is 0.478 e. The summed E-state index contributed by atoms with van der Waals surface area (Å²) >= 11 is 0. The summed E-state index contributed by atoms with van der Waals surface area (Å²) < 4.78 is 0. The van der Waals surface area contributed by atoms with Crippen molar-refractivity contribution in [2.24, 2.45) is 11.3 Å². The van der Waals surface area contributed by atoms with E-state index in [9.17, 15) is 4.79 Å². The number of hydrogen-bond donors (Lipinski definition) is 1. The lowest BCUT2D eigenvalue weighted by molar-refractivity contribution is -0.131. The molecule has 0 aromatic rings. The van der Waals surface area contributed by atoms with Crippen LogP contribution in [0.15, 0.2) is 58.7 Å². The van der Waals surface area contributed by atoms with E-state index in [4.69, 9.17) is 5.11 Å². The second-order valence-electron chi connectivity index (χ2n) is 8.84. The Morgan fingerprint density at radius 2 is 1.74 bits per heavy atom. The number of aliphatic carboxylic acids is 1. The molecule has 0 unspecified atom stereocenters. The molecule has 0 bridgehead atoms. The van der Waals surface area contributed by atoms with Crippen LogP contribution in [0.5, 0.6) is 0 Å². The van der Waals surface area contributed by atoms with Crippen LogP contribution in [0.2, 0.25) is 0 Å². The van der Waals surface area contributed by atoms with Crippen LogP contribution in [-0.4, -0.2) is 11.1 Å². The van der Waals surface area contributed by atoms with Gasteiger partial charge in [-0.05, 0) is 68.4 Å². The van der Waals surface area contributed by atoms with Crippen molar-refractivity contribution in [2.45, 2.75) is 79.1 Å². The van der Waals surface area contributed by atoms with Gasteiger partial charge in [0.05, 0.1) is 0 Å². The fraction of sp³-hybridized carbons (Fsp3) is 0.560. The first-order chi connectivity index (χ1) is 12.8. The highest BCUT2D eigenvalue weighted by atomic mass is 16.4. The Morgan fingerprint density at radius 3 is 2.41 bits per heavy atom. The van der Waals surface area contributed by atoms with Crippen LogP contribution in [0.25, 0.3) is 0 Å². The summed E-state index contributed by atoms with van der Waals surface area (Å²) in [5.41, 5.74) is 5.49. The highest BCUT2D eigenvalue weighted by Crippen LogP contribution is 2.46. The van der Waals surface area contributed by atoms with E-state index >= 15 is 0 Å². The molecule has 1 N–H and O–H groups in total. The van der Waals surface area contributed by atoms with E-state index in [1.807, 2.05) is 18.2 Å². The molecule has 27 heavy (non-hydrogen) atoms. The van der Waals surface area contributed by atoms with Crippen molar-refractivity contribution in [1.82, 2.24) is 0 Å². The molecule has 2 rings (SSSR count). The Kier molecular flexibility index (Phi) is 7.89. The Bertz CT molecular complexity index is 677. The predicted molar refractivity (Wildman–Crippen MR) is 115 cm³/mol. The van der Waals surface area contributed by atoms with Crippen LogP contribution in [0.1, 0.15) is 79.1 Å². The maximum atomic E-state index is 10.7. The zero-order valence-electron chi connectivity index (χ0n) is 17.6. The second kappa shape index (κ2) is 9.92. The molecule has 2 aliphatic rings. The number of carbonyl (C=O) groups is 1. The molecule has 2 aliphatic carbocycles. The molecule has 1 fully saturated rings. The third-order valence-corrected chi connectivity index (χ3v) is 6.00. The van der Waals surface area contributed by atoms with E-state index in [1.54, 1.807) is 18.1 Å². The standard InChI is InChI=1S/C25H36O2/c1-19(10-8-11-20(2)18-24(26)27)15-16-23-22(14-9-17-25(23,3)4)21-12-6-5-7-13-21/h8,10-11,15-16,18,21H,5-7,9,12-14,17H2,1-4H3,(H,26,27)/b11-8+,16-15+,19-10+,20-18+. The van der Waals surface area contributed by atoms with E-state index in [-0.39, 0.29) is 5.41 Å². The quantitative estimate of drug-likeness (QED) is 0.399. The van der Waals surface area contributed by atoms with Crippen molar-refractivity contribution in [2.75, 3.05) is 0 Å². The molecule has 1 saturated carbocycles. The van der Waals surface area contributed by atoms with Crippen molar-refractivity contribution in [1.29, 1.82) is 0 Å². The summed E-state index contributed by atoms with van der Waals surface area (Å²) in [6, 6.07) is 0. The number of allylic oxidation sites excluding steroid dienone is 9. The molecule has 2 nitrogen and oxygen atoms in total. The first-order valence-corrected chi connectivity index (χ1v) is 10.5. The second-order valence-corrected chi connectivity index (χ2v) is 8.84. The van der Waals surface area contributed by atoms with E-state index in [2.05, 4.69) is 32.9 Å². The highest BCUT2D eigenvalue weighted by Gasteiger charge is 2.31. The third-order valence-electron chi connectivity index (χ3n) is 6.00. The van der Waals surface area contributed by atoms with Crippen LogP contribution in [0, 0.1) is 11.3 Å². The molecule has 0 aromatic heterocycles. The topological polar surface area (TPSA) is 37.3 Å². The predicted octanol–water partition coefficient (Wildman–Crippen LogP) is 7.16. The SMILES string of the molecule is CC(/C=C/C1=C(C2CCCCC2)CCCC1(C)C)=C\C=C\C(C)=C\C(=O)O. The smallest absolute Gasteiger partial charge is 0.328 e. The Hall–Kier alpha value is -1.83. The van der Waals surface area contributed by atoms with Gasteiger partial charge in [-0.2, -0.15) is 0 Å². The minimum atomic E-state index is -0.903. The van der Waals surface area contributed by atoms with Crippen LogP contribution in [0.4, 0.5) is 0 Å². The normalized spacial score (nSPS) is 22.8. The monoisotopic (exact) mass is 368 g/mol. The zero-order valence-corrected chi connectivity index (χ0v) is 17.6. The number of hydrogen-bond acceptors (Lipinski definition) is 1. The lowest BCUT2D eigenvalue weighted by atomic mass is 9.67. The van der Waals surface area contributed by atoms with E-state index in [0.717, 1.165) is 11.5 Å². The minimum absolute atomic E-state index is 0.262. The average Bonchev–Trinajstić information content (AvgIpc) is 2.60. The first kappa shape index (κ1) is 21.5. The molecule has 0 atom stereocenters. The lowest BCUT2D eigenvalue weighted by Gasteiger charge is -2.38. The Balaban J connectivity index is 2.18. The third kappa shape index (κ3) is 6.68. The van der Waals surface area contributed by atoms with Crippen molar-refractivity contribution in [3.05, 3.63) is 58.7 Å². The molecule has 0 aliphatic heterocycles. The van der Waals surface area contributed by atoms with Crippen molar-refractivity contribution >= 4 is 5.97 Å². The van der Waals surface area contributed by atoms with Gasteiger partial charge in [-0.3, -0.25) is 0 Å². The molecule has 0 heterocycles. The maximum Gasteiger partial charge on any atom is 0.328 e. The van der Waals surface area contributed by atoms with Gasteiger partial charge in [-0.1, -0.05) is 74.6 Å². The molecule has 148 valence electrons. The summed E-state index contributed by atoms with van der Waals surface area (Å²) in [7, 11) is 0. The fourth-order valence-electron chi connectivity index (χ4n) is 4.50. The first-order valence-electron chi connectivity index (χ1n) is 10.5. The summed E-state index contributed by atoms with van der Waals surface area (Å²) in [5.74, 6) is -0.106. The average molecular weight is 369 g/mol. The van der Waals surface area contributed by atoms with Crippen LogP contribution < -0.4 is 0 Å². The van der Waals surface area contributed by atoms with Gasteiger partial charge in [-0.15, -0.1) is 0 Å². The van der Waals surface area contributed by atoms with Gasteiger partial charge in [-0.25, -0.2) is 4.79 Å². The van der Waals surface area contributed by atoms with Gasteiger partial charge in [0.15, 0.2) is 0 Å². The Labute approximate surface area is 165 Å². The van der Waals surface area contributed by atoms with Gasteiger partial charge < -0.3 is 5.11 Å². The maximum absolute atomic E-state index is 10.7. The van der Waals surface area contributed by atoms with Crippen LogP contribution in [0.3, 0.4) is 0 Å². The molecular formula is C25H36O2. The molecule has 0 saturated heterocycles. The molecule has 0 amide bonds. The molecule has 0 spiro atoms. The van der Waals surface area contributed by atoms with Crippen LogP contribution >= 0.6 is 0 Å². The van der Waals surface area contributed by atoms with Gasteiger partial charge >= 0.3 is 5.97 Å². The molecular weight excluding hydrogens is 332 g/mol. The number of carboxylic acids is 1.